The molecule has 0 aromatic heterocycles. The monoisotopic (exact) mass is 321 g/mol. The Hall–Kier alpha value is -1.58. The number of phenols is 1. The minimum absolute atomic E-state index is 0.177. The quantitative estimate of drug-likeness (QED) is 0.615. The summed E-state index contributed by atoms with van der Waals surface area (Å²) in [7, 11) is 0. The van der Waals surface area contributed by atoms with Crippen LogP contribution in [0.1, 0.15) is 78.0 Å². The highest BCUT2D eigenvalue weighted by Crippen LogP contribution is 2.40. The van der Waals surface area contributed by atoms with E-state index >= 15 is 0 Å². The van der Waals surface area contributed by atoms with Gasteiger partial charge in [-0.2, -0.15) is 0 Å². The van der Waals surface area contributed by atoms with E-state index in [0.717, 1.165) is 23.1 Å². The molecule has 1 aromatic carbocycles. The van der Waals surface area contributed by atoms with E-state index in [1.165, 1.54) is 0 Å². The van der Waals surface area contributed by atoms with Crippen LogP contribution in [0.25, 0.3) is 0 Å². The van der Waals surface area contributed by atoms with E-state index in [-0.39, 0.29) is 15.8 Å². The average molecular weight is 321 g/mol. The Morgan fingerprint density at radius 1 is 1.09 bits per heavy atom. The van der Waals surface area contributed by atoms with Crippen LogP contribution in [0, 0.1) is 10.1 Å². The van der Waals surface area contributed by atoms with Gasteiger partial charge >= 0.3 is 0 Å². The van der Waals surface area contributed by atoms with Crippen molar-refractivity contribution in [3.8, 4) is 5.75 Å². The van der Waals surface area contributed by atoms with Gasteiger partial charge < -0.3 is 5.11 Å². The molecule has 0 saturated carbocycles. The largest absolute Gasteiger partial charge is 0.507 e. The van der Waals surface area contributed by atoms with Crippen LogP contribution in [0.15, 0.2) is 12.1 Å². The van der Waals surface area contributed by atoms with Crippen molar-refractivity contribution >= 4 is 0 Å². The Bertz CT molecular complexity index is 530. The van der Waals surface area contributed by atoms with Gasteiger partial charge in [-0.25, -0.2) is 0 Å². The van der Waals surface area contributed by atoms with E-state index in [2.05, 4.69) is 41.5 Å². The summed E-state index contributed by atoms with van der Waals surface area (Å²) in [5, 5.41) is 22.0. The van der Waals surface area contributed by atoms with Gasteiger partial charge in [0.25, 0.3) is 0 Å². The molecule has 0 aliphatic heterocycles. The van der Waals surface area contributed by atoms with Crippen LogP contribution in [0.3, 0.4) is 0 Å². The number of hydrogen-bond acceptors (Lipinski definition) is 3. The number of nitro groups is 1. The third-order valence-corrected chi connectivity index (χ3v) is 4.18. The van der Waals surface area contributed by atoms with Crippen LogP contribution in [-0.4, -0.2) is 16.1 Å². The molecule has 130 valence electrons. The zero-order chi connectivity index (χ0) is 18.0. The van der Waals surface area contributed by atoms with Crippen molar-refractivity contribution in [2.24, 2.45) is 0 Å². The van der Waals surface area contributed by atoms with Crippen molar-refractivity contribution in [2.75, 3.05) is 0 Å². The maximum absolute atomic E-state index is 11.3. The summed E-state index contributed by atoms with van der Waals surface area (Å²) >= 11 is 0. The lowest BCUT2D eigenvalue weighted by Crippen LogP contribution is -2.23. The molecular weight excluding hydrogens is 290 g/mol. The molecule has 0 fully saturated rings. The third kappa shape index (κ3) is 4.95. The van der Waals surface area contributed by atoms with Gasteiger partial charge in [0.1, 0.15) is 5.75 Å². The van der Waals surface area contributed by atoms with Crippen LogP contribution < -0.4 is 0 Å². The van der Waals surface area contributed by atoms with E-state index in [0.29, 0.717) is 18.6 Å². The highest BCUT2D eigenvalue weighted by atomic mass is 16.6. The highest BCUT2D eigenvalue weighted by molar-refractivity contribution is 5.50. The second-order valence-electron chi connectivity index (χ2n) is 8.47. The van der Waals surface area contributed by atoms with Gasteiger partial charge in [0.05, 0.1) is 0 Å². The lowest BCUT2D eigenvalue weighted by molar-refractivity contribution is -0.523. The zero-order valence-corrected chi connectivity index (χ0v) is 15.6. The van der Waals surface area contributed by atoms with Crippen LogP contribution in [0.2, 0.25) is 0 Å². The fourth-order valence-corrected chi connectivity index (χ4v) is 2.84. The Morgan fingerprint density at radius 2 is 1.52 bits per heavy atom. The number of rotatable bonds is 5. The molecule has 1 N–H and O–H groups in total. The molecule has 1 rings (SSSR count). The number of hydrogen-bond donors (Lipinski definition) is 1. The van der Waals surface area contributed by atoms with E-state index in [1.54, 1.807) is 0 Å². The van der Waals surface area contributed by atoms with E-state index in [9.17, 15) is 15.2 Å². The molecule has 0 radical (unpaired) electrons. The Kier molecular flexibility index (Phi) is 5.84. The van der Waals surface area contributed by atoms with Crippen molar-refractivity contribution in [1.29, 1.82) is 0 Å². The zero-order valence-electron chi connectivity index (χ0n) is 15.6. The summed E-state index contributed by atoms with van der Waals surface area (Å²) in [5.74, 6) is 0.321. The lowest BCUT2D eigenvalue weighted by atomic mass is 9.78. The molecule has 0 heterocycles. The van der Waals surface area contributed by atoms with Gasteiger partial charge in [0, 0.05) is 17.8 Å². The minimum atomic E-state index is -0.565. The molecule has 1 unspecified atom stereocenters. The predicted octanol–water partition coefficient (Wildman–Crippen LogP) is 4.98. The van der Waals surface area contributed by atoms with E-state index in [4.69, 9.17) is 0 Å². The molecule has 0 bridgehead atoms. The molecule has 1 atom stereocenters. The van der Waals surface area contributed by atoms with Crippen LogP contribution in [-0.2, 0) is 17.3 Å². The number of benzene rings is 1. The lowest BCUT2D eigenvalue weighted by Gasteiger charge is -2.28. The molecule has 0 aliphatic carbocycles. The van der Waals surface area contributed by atoms with Crippen molar-refractivity contribution in [3.63, 3.8) is 0 Å². The van der Waals surface area contributed by atoms with Gasteiger partial charge in [-0.3, -0.25) is 10.1 Å². The molecule has 1 aromatic rings. The van der Waals surface area contributed by atoms with Crippen LogP contribution in [0.4, 0.5) is 0 Å². The highest BCUT2D eigenvalue weighted by Gasteiger charge is 2.28. The molecule has 0 spiro atoms. The average Bonchev–Trinajstić information content (AvgIpc) is 2.37. The topological polar surface area (TPSA) is 63.4 Å². The molecule has 0 aliphatic rings. The van der Waals surface area contributed by atoms with Crippen LogP contribution >= 0.6 is 0 Å². The van der Waals surface area contributed by atoms with Gasteiger partial charge in [-0.05, 0) is 33.9 Å². The predicted molar refractivity (Wildman–Crippen MR) is 94.9 cm³/mol. The van der Waals surface area contributed by atoms with Gasteiger partial charge in [0.15, 0.2) is 0 Å². The van der Waals surface area contributed by atoms with E-state index < -0.39 is 6.04 Å². The maximum Gasteiger partial charge on any atom is 0.217 e. The molecule has 0 amide bonds. The van der Waals surface area contributed by atoms with Crippen molar-refractivity contribution in [2.45, 2.75) is 84.6 Å². The van der Waals surface area contributed by atoms with Gasteiger partial charge in [-0.1, -0.05) is 60.6 Å². The third-order valence-electron chi connectivity index (χ3n) is 4.18. The first-order chi connectivity index (χ1) is 10.4. The smallest absolute Gasteiger partial charge is 0.217 e. The van der Waals surface area contributed by atoms with Crippen molar-refractivity contribution in [3.05, 3.63) is 38.9 Å². The molecule has 4 nitrogen and oxygen atoms in total. The standard InChI is InChI=1S/C19H31NO3/c1-8-9-14(20(22)23)10-13-11-15(18(2,3)4)17(21)16(12-13)19(5,6)7/h11-12,14,21H,8-10H2,1-7H3. The Balaban J connectivity index is 3.41. The number of phenolic OH excluding ortho intramolecular Hbond substituents is 1. The molecule has 4 heteroatoms. The SMILES string of the molecule is CCCC(Cc1cc(C(C)(C)C)c(O)c(C(C)(C)C)c1)[N+](=O)[O-]. The first-order valence-electron chi connectivity index (χ1n) is 8.38. The first kappa shape index (κ1) is 19.5. The van der Waals surface area contributed by atoms with E-state index in [1.807, 2.05) is 19.1 Å². The summed E-state index contributed by atoms with van der Waals surface area (Å²) in [6.45, 7) is 14.3. The van der Waals surface area contributed by atoms with Crippen molar-refractivity contribution in [1.82, 2.24) is 0 Å². The Morgan fingerprint density at radius 3 is 1.83 bits per heavy atom. The van der Waals surface area contributed by atoms with Crippen LogP contribution in [0.5, 0.6) is 5.75 Å². The maximum atomic E-state index is 11.3. The minimum Gasteiger partial charge on any atom is -0.507 e. The fraction of sp³-hybridized carbons (Fsp3) is 0.684. The summed E-state index contributed by atoms with van der Waals surface area (Å²) in [6, 6.07) is 3.32. The molecular formula is C19H31NO3. The first-order valence-corrected chi connectivity index (χ1v) is 8.38. The van der Waals surface area contributed by atoms with Gasteiger partial charge in [-0.15, -0.1) is 0 Å². The Labute approximate surface area is 140 Å². The van der Waals surface area contributed by atoms with Gasteiger partial charge in [0.2, 0.25) is 6.04 Å². The normalized spacial score (nSPS) is 13.9. The second kappa shape index (κ2) is 6.90. The second-order valence-corrected chi connectivity index (χ2v) is 8.47. The molecule has 0 saturated heterocycles. The summed E-state index contributed by atoms with van der Waals surface area (Å²) in [5.41, 5.74) is 2.23. The number of nitrogens with zero attached hydrogens (tertiary/aromatic N) is 1. The van der Waals surface area contributed by atoms with Crippen molar-refractivity contribution < 1.29 is 10.0 Å². The summed E-state index contributed by atoms with van der Waals surface area (Å²) in [6.07, 6.45) is 1.78. The number of aromatic hydroxyl groups is 1. The fourth-order valence-electron chi connectivity index (χ4n) is 2.84. The molecule has 23 heavy (non-hydrogen) atoms. The summed E-state index contributed by atoms with van der Waals surface area (Å²) < 4.78 is 0. The summed E-state index contributed by atoms with van der Waals surface area (Å²) in [4.78, 5) is 11.1.